The Bertz CT molecular complexity index is 502. The molecule has 4 nitrogen and oxygen atoms in total. The van der Waals surface area contributed by atoms with Crippen LogP contribution in [0.25, 0.3) is 0 Å². The van der Waals surface area contributed by atoms with Gasteiger partial charge in [-0.05, 0) is 70.7 Å². The fourth-order valence-corrected chi connectivity index (χ4v) is 3.86. The van der Waals surface area contributed by atoms with Crippen LogP contribution in [-0.2, 0) is 0 Å². The Kier molecular flexibility index (Phi) is 4.07. The third-order valence-electron chi connectivity index (χ3n) is 3.00. The lowest BCUT2D eigenvalue weighted by atomic mass is 10.1. The second-order valence-corrected chi connectivity index (χ2v) is 7.17. The zero-order valence-corrected chi connectivity index (χ0v) is 14.1. The molecular weight excluding hydrogens is 460 g/mol. The minimum atomic E-state index is -0.819. The molecule has 1 heterocycles. The summed E-state index contributed by atoms with van der Waals surface area (Å²) in [5.74, 6) is -0.200. The molecule has 6 heteroatoms. The van der Waals surface area contributed by atoms with Gasteiger partial charge in [0.2, 0.25) is 0 Å². The predicted molar refractivity (Wildman–Crippen MR) is 84.7 cm³/mol. The number of hydrogen-bond acceptors (Lipinski definition) is 3. The standard InChI is InChI=1S/C12H13I2NO3/c1-12(18)2-3-15(6-12)11(17)8-4-7(13)5-9(14)10(8)16/h4-5,16,18H,2-3,6H2,1H3. The molecule has 1 aliphatic rings. The summed E-state index contributed by atoms with van der Waals surface area (Å²) in [6.45, 7) is 2.55. The number of β-amino-alcohol motifs (C(OH)–C–C–N with tert-alkyl or cyclic N) is 1. The lowest BCUT2D eigenvalue weighted by molar-refractivity contribution is 0.0570. The number of aromatic hydroxyl groups is 1. The second-order valence-electron chi connectivity index (χ2n) is 4.76. The number of phenols is 1. The van der Waals surface area contributed by atoms with Gasteiger partial charge < -0.3 is 15.1 Å². The van der Waals surface area contributed by atoms with E-state index in [4.69, 9.17) is 0 Å². The van der Waals surface area contributed by atoms with Gasteiger partial charge in [0.1, 0.15) is 5.75 Å². The van der Waals surface area contributed by atoms with E-state index in [0.717, 1.165) is 3.57 Å². The molecule has 1 aromatic carbocycles. The minimum absolute atomic E-state index is 0.0209. The molecule has 98 valence electrons. The zero-order valence-electron chi connectivity index (χ0n) is 9.78. The molecule has 0 aromatic heterocycles. The SMILES string of the molecule is CC1(O)CCN(C(=O)c2cc(I)cc(I)c2O)C1. The third-order valence-corrected chi connectivity index (χ3v) is 4.44. The van der Waals surface area contributed by atoms with E-state index in [-0.39, 0.29) is 11.7 Å². The van der Waals surface area contributed by atoms with Gasteiger partial charge in [-0.1, -0.05) is 0 Å². The monoisotopic (exact) mass is 473 g/mol. The Morgan fingerprint density at radius 1 is 1.44 bits per heavy atom. The summed E-state index contributed by atoms with van der Waals surface area (Å²) in [7, 11) is 0. The predicted octanol–water partition coefficient (Wildman–Crippen LogP) is 2.20. The van der Waals surface area contributed by atoms with Crippen molar-refractivity contribution in [2.24, 2.45) is 0 Å². The molecule has 1 atom stereocenters. The van der Waals surface area contributed by atoms with Gasteiger partial charge in [0.15, 0.2) is 0 Å². The topological polar surface area (TPSA) is 60.8 Å². The molecule has 0 radical (unpaired) electrons. The molecule has 18 heavy (non-hydrogen) atoms. The lowest BCUT2D eigenvalue weighted by Gasteiger charge is -2.19. The van der Waals surface area contributed by atoms with Crippen molar-refractivity contribution in [2.45, 2.75) is 18.9 Å². The number of amides is 1. The van der Waals surface area contributed by atoms with Crippen LogP contribution in [0.15, 0.2) is 12.1 Å². The summed E-state index contributed by atoms with van der Waals surface area (Å²) in [6.07, 6.45) is 0.570. The van der Waals surface area contributed by atoms with Gasteiger partial charge >= 0.3 is 0 Å². The summed E-state index contributed by atoms with van der Waals surface area (Å²) >= 11 is 4.12. The van der Waals surface area contributed by atoms with Crippen molar-refractivity contribution in [3.8, 4) is 5.75 Å². The highest BCUT2D eigenvalue weighted by atomic mass is 127. The average Bonchev–Trinajstić information content (AvgIpc) is 2.63. The normalized spacial score (nSPS) is 23.4. The Morgan fingerprint density at radius 2 is 2.11 bits per heavy atom. The summed E-state index contributed by atoms with van der Waals surface area (Å²) in [6, 6.07) is 3.49. The highest BCUT2D eigenvalue weighted by molar-refractivity contribution is 14.1. The van der Waals surface area contributed by atoms with Crippen LogP contribution in [0.3, 0.4) is 0 Å². The molecule has 1 saturated heterocycles. The lowest BCUT2D eigenvalue weighted by Crippen LogP contribution is -2.34. The van der Waals surface area contributed by atoms with Crippen LogP contribution in [0.5, 0.6) is 5.75 Å². The first kappa shape index (κ1) is 14.3. The first-order valence-corrected chi connectivity index (χ1v) is 7.65. The number of phenolic OH excluding ortho intramolecular Hbond substituents is 1. The van der Waals surface area contributed by atoms with E-state index in [1.165, 1.54) is 0 Å². The molecule has 0 spiro atoms. The van der Waals surface area contributed by atoms with Crippen molar-refractivity contribution in [2.75, 3.05) is 13.1 Å². The van der Waals surface area contributed by atoms with Crippen molar-refractivity contribution in [3.63, 3.8) is 0 Å². The number of carbonyl (C=O) groups is 1. The van der Waals surface area contributed by atoms with Crippen LogP contribution in [0.4, 0.5) is 0 Å². The van der Waals surface area contributed by atoms with E-state index < -0.39 is 5.60 Å². The molecule has 1 aromatic rings. The van der Waals surface area contributed by atoms with Gasteiger partial charge in [0.05, 0.1) is 14.7 Å². The number of aliphatic hydroxyl groups is 1. The maximum absolute atomic E-state index is 12.3. The Hall–Kier alpha value is -0.0900. The second kappa shape index (κ2) is 5.12. The van der Waals surface area contributed by atoms with Crippen LogP contribution >= 0.6 is 45.2 Å². The fourth-order valence-electron chi connectivity index (χ4n) is 2.02. The van der Waals surface area contributed by atoms with Crippen LogP contribution in [0.2, 0.25) is 0 Å². The zero-order chi connectivity index (χ0) is 13.5. The fraction of sp³-hybridized carbons (Fsp3) is 0.417. The summed E-state index contributed by atoms with van der Waals surface area (Å²) in [4.78, 5) is 13.9. The highest BCUT2D eigenvalue weighted by Gasteiger charge is 2.35. The van der Waals surface area contributed by atoms with Gasteiger partial charge in [-0.3, -0.25) is 4.79 Å². The van der Waals surface area contributed by atoms with Crippen molar-refractivity contribution in [1.82, 2.24) is 4.90 Å². The molecule has 1 amide bonds. The molecule has 1 fully saturated rings. The van der Waals surface area contributed by atoms with E-state index in [0.29, 0.717) is 28.6 Å². The van der Waals surface area contributed by atoms with E-state index in [2.05, 4.69) is 22.6 Å². The number of nitrogens with zero attached hydrogens (tertiary/aromatic N) is 1. The Labute approximate surface area is 133 Å². The minimum Gasteiger partial charge on any atom is -0.506 e. The summed E-state index contributed by atoms with van der Waals surface area (Å²) < 4.78 is 1.57. The van der Waals surface area contributed by atoms with Crippen molar-refractivity contribution < 1.29 is 15.0 Å². The van der Waals surface area contributed by atoms with Gasteiger partial charge in [0, 0.05) is 16.7 Å². The van der Waals surface area contributed by atoms with E-state index in [9.17, 15) is 15.0 Å². The number of rotatable bonds is 1. The number of halogens is 2. The quantitative estimate of drug-likeness (QED) is 0.616. The average molecular weight is 473 g/mol. The largest absolute Gasteiger partial charge is 0.506 e. The van der Waals surface area contributed by atoms with Crippen LogP contribution in [0.1, 0.15) is 23.7 Å². The first-order valence-electron chi connectivity index (χ1n) is 5.50. The Balaban J connectivity index is 2.30. The highest BCUT2D eigenvalue weighted by Crippen LogP contribution is 2.30. The van der Waals surface area contributed by atoms with E-state index in [1.54, 1.807) is 17.9 Å². The van der Waals surface area contributed by atoms with Gasteiger partial charge in [0.25, 0.3) is 5.91 Å². The molecule has 0 aliphatic carbocycles. The van der Waals surface area contributed by atoms with Crippen LogP contribution in [0, 0.1) is 7.14 Å². The molecular formula is C12H13I2NO3. The number of benzene rings is 1. The Morgan fingerprint density at radius 3 is 2.67 bits per heavy atom. The van der Waals surface area contributed by atoms with Crippen molar-refractivity contribution in [1.29, 1.82) is 0 Å². The molecule has 0 bridgehead atoms. The molecule has 2 rings (SSSR count). The van der Waals surface area contributed by atoms with Crippen molar-refractivity contribution in [3.05, 3.63) is 24.8 Å². The van der Waals surface area contributed by atoms with Gasteiger partial charge in [-0.15, -0.1) is 0 Å². The van der Waals surface area contributed by atoms with E-state index >= 15 is 0 Å². The molecule has 1 aliphatic heterocycles. The number of likely N-dealkylation sites (tertiary alicyclic amines) is 1. The van der Waals surface area contributed by atoms with Crippen molar-refractivity contribution >= 4 is 51.1 Å². The maximum atomic E-state index is 12.3. The number of carbonyl (C=O) groups excluding carboxylic acids is 1. The van der Waals surface area contributed by atoms with Gasteiger partial charge in [-0.2, -0.15) is 0 Å². The summed E-state index contributed by atoms with van der Waals surface area (Å²) in [5, 5.41) is 19.8. The molecule has 1 unspecified atom stereocenters. The molecule has 2 N–H and O–H groups in total. The third kappa shape index (κ3) is 2.90. The molecule has 0 saturated carbocycles. The number of hydrogen-bond donors (Lipinski definition) is 2. The van der Waals surface area contributed by atoms with Crippen LogP contribution < -0.4 is 0 Å². The van der Waals surface area contributed by atoms with E-state index in [1.807, 2.05) is 28.7 Å². The maximum Gasteiger partial charge on any atom is 0.257 e. The smallest absolute Gasteiger partial charge is 0.257 e. The summed E-state index contributed by atoms with van der Waals surface area (Å²) in [5.41, 5.74) is -0.510. The first-order chi connectivity index (χ1) is 8.30. The van der Waals surface area contributed by atoms with Crippen LogP contribution in [-0.4, -0.2) is 39.7 Å². The van der Waals surface area contributed by atoms with Gasteiger partial charge in [-0.25, -0.2) is 0 Å².